The summed E-state index contributed by atoms with van der Waals surface area (Å²) in [5.41, 5.74) is 8.13. The number of halogens is 1. The Kier molecular flexibility index (Phi) is 13.2. The maximum atomic E-state index is 5.64. The zero-order chi connectivity index (χ0) is 35.9. The molecule has 1 saturated heterocycles. The highest BCUT2D eigenvalue weighted by molar-refractivity contribution is 7.14. The molecule has 0 bridgehead atoms. The Morgan fingerprint density at radius 2 is 1.10 bits per heavy atom. The van der Waals surface area contributed by atoms with Crippen LogP contribution < -0.4 is 33.3 Å². The fourth-order valence-corrected chi connectivity index (χ4v) is 7.97. The van der Waals surface area contributed by atoms with Crippen LogP contribution in [0.15, 0.2) is 84.2 Å². The predicted molar refractivity (Wildman–Crippen MR) is 214 cm³/mol. The number of nitrogens with zero attached hydrogens (tertiary/aromatic N) is 2. The number of hydrogen-bond donors (Lipinski definition) is 0. The molecule has 6 rings (SSSR count). The molecule has 0 saturated carbocycles. The van der Waals surface area contributed by atoms with Crippen LogP contribution in [0.4, 0.5) is 5.00 Å². The molecule has 0 amide bonds. The summed E-state index contributed by atoms with van der Waals surface area (Å²) in [6.45, 7) is 5.98. The zero-order valence-corrected chi connectivity index (χ0v) is 32.7. The first-order chi connectivity index (χ1) is 24.9. The van der Waals surface area contributed by atoms with Crippen molar-refractivity contribution in [3.63, 3.8) is 0 Å². The van der Waals surface area contributed by atoms with Crippen molar-refractivity contribution >= 4 is 28.7 Å². The van der Waals surface area contributed by atoms with E-state index in [-0.39, 0.29) is 12.4 Å². The van der Waals surface area contributed by atoms with Crippen molar-refractivity contribution in [1.29, 1.82) is 0 Å². The SMILES string of the molecule is COc1cc(-c2cccc(CN3CCC(N(Cc4cccc(-c5cc(OC)c(OC)c(OC)c5)c4)c4cc(C)cs4)CC3)c2)cc(OC)c1OC.Cl. The van der Waals surface area contributed by atoms with E-state index in [1.165, 1.54) is 21.7 Å². The molecule has 10 heteroatoms. The minimum atomic E-state index is 0. The van der Waals surface area contributed by atoms with Gasteiger partial charge in [-0.1, -0.05) is 36.4 Å². The second-order valence-corrected chi connectivity index (χ2v) is 13.7. The van der Waals surface area contributed by atoms with Gasteiger partial charge in [0.05, 0.1) is 47.7 Å². The molecule has 2 heterocycles. The predicted octanol–water partition coefficient (Wildman–Crippen LogP) is 9.54. The molecule has 0 unspecified atom stereocenters. The fraction of sp³-hybridized carbons (Fsp3) is 0.333. The number of thiophene rings is 1. The average molecular weight is 745 g/mol. The molecule has 1 aliphatic heterocycles. The maximum Gasteiger partial charge on any atom is 0.203 e. The van der Waals surface area contributed by atoms with Crippen LogP contribution >= 0.6 is 23.7 Å². The van der Waals surface area contributed by atoms with Gasteiger partial charge in [0, 0.05) is 32.2 Å². The third kappa shape index (κ3) is 8.55. The normalized spacial score (nSPS) is 13.2. The van der Waals surface area contributed by atoms with Crippen molar-refractivity contribution in [2.75, 3.05) is 60.6 Å². The first-order valence-electron chi connectivity index (χ1n) is 17.2. The number of rotatable bonds is 14. The molecule has 4 aromatic carbocycles. The Morgan fingerprint density at radius 3 is 1.54 bits per heavy atom. The molecule has 52 heavy (non-hydrogen) atoms. The van der Waals surface area contributed by atoms with Gasteiger partial charge in [-0.05, 0) is 107 Å². The van der Waals surface area contributed by atoms with Crippen molar-refractivity contribution in [2.24, 2.45) is 0 Å². The van der Waals surface area contributed by atoms with Crippen LogP contribution in [0.5, 0.6) is 34.5 Å². The zero-order valence-electron chi connectivity index (χ0n) is 31.1. The molecule has 0 spiro atoms. The van der Waals surface area contributed by atoms with Crippen LogP contribution in [0.2, 0.25) is 0 Å². The second kappa shape index (κ2) is 17.8. The highest BCUT2D eigenvalue weighted by Crippen LogP contribution is 2.43. The van der Waals surface area contributed by atoms with E-state index in [1.807, 2.05) is 35.6 Å². The Morgan fingerprint density at radius 1 is 0.615 bits per heavy atom. The number of ether oxygens (including phenoxy) is 6. The Bertz CT molecular complexity index is 1890. The summed E-state index contributed by atoms with van der Waals surface area (Å²) in [4.78, 5) is 5.20. The van der Waals surface area contributed by atoms with Gasteiger partial charge in [0.1, 0.15) is 0 Å². The Labute approximate surface area is 318 Å². The molecular weight excluding hydrogens is 696 g/mol. The van der Waals surface area contributed by atoms with Crippen molar-refractivity contribution in [3.8, 4) is 56.8 Å². The Balaban J connectivity index is 0.00000523. The number of methoxy groups -OCH3 is 6. The van der Waals surface area contributed by atoms with Crippen molar-refractivity contribution < 1.29 is 28.4 Å². The number of aryl methyl sites for hydroxylation is 1. The first kappa shape index (κ1) is 38.7. The molecule has 0 atom stereocenters. The highest BCUT2D eigenvalue weighted by Gasteiger charge is 2.26. The van der Waals surface area contributed by atoms with E-state index in [1.54, 1.807) is 42.7 Å². The lowest BCUT2D eigenvalue weighted by molar-refractivity contribution is 0.201. The largest absolute Gasteiger partial charge is 0.493 e. The molecule has 5 aromatic rings. The van der Waals surface area contributed by atoms with E-state index < -0.39 is 0 Å². The molecule has 0 N–H and O–H groups in total. The van der Waals surface area contributed by atoms with E-state index in [0.717, 1.165) is 61.3 Å². The van der Waals surface area contributed by atoms with Gasteiger partial charge in [-0.3, -0.25) is 4.90 Å². The van der Waals surface area contributed by atoms with Crippen LogP contribution in [-0.2, 0) is 13.1 Å². The van der Waals surface area contributed by atoms with E-state index in [4.69, 9.17) is 28.4 Å². The van der Waals surface area contributed by atoms with Gasteiger partial charge < -0.3 is 33.3 Å². The lowest BCUT2D eigenvalue weighted by Gasteiger charge is -2.39. The topological polar surface area (TPSA) is 61.9 Å². The standard InChI is InChI=1S/C42H48N2O6S.ClH/c1-28-18-40(51-27-28)44(26-30-11-9-13-32(20-30)34-23-38(47-4)42(50-7)39(24-34)48-5)35-14-16-43(17-15-35)25-29-10-8-12-31(19-29)33-21-36(45-2)41(49-6)37(22-33)46-3;/h8-13,18-24,27,35H,14-17,25-26H2,1-7H3;1H. The van der Waals surface area contributed by atoms with E-state index in [0.29, 0.717) is 40.5 Å². The van der Waals surface area contributed by atoms with E-state index >= 15 is 0 Å². The number of anilines is 1. The molecule has 1 fully saturated rings. The lowest BCUT2D eigenvalue weighted by atomic mass is 9.99. The Hall–Kier alpha value is -4.57. The minimum absolute atomic E-state index is 0. The molecule has 0 radical (unpaired) electrons. The fourth-order valence-electron chi connectivity index (χ4n) is 6.99. The van der Waals surface area contributed by atoms with Gasteiger partial charge in [-0.15, -0.1) is 23.7 Å². The summed E-state index contributed by atoms with van der Waals surface area (Å²) in [5, 5.41) is 3.58. The van der Waals surface area contributed by atoms with Gasteiger partial charge in [0.25, 0.3) is 0 Å². The number of benzene rings is 4. The minimum Gasteiger partial charge on any atom is -0.493 e. The van der Waals surface area contributed by atoms with E-state index in [9.17, 15) is 0 Å². The van der Waals surface area contributed by atoms with Crippen LogP contribution in [-0.4, -0.2) is 66.7 Å². The summed E-state index contributed by atoms with van der Waals surface area (Å²) >= 11 is 1.84. The van der Waals surface area contributed by atoms with E-state index in [2.05, 4.69) is 76.7 Å². The summed E-state index contributed by atoms with van der Waals surface area (Å²) < 4.78 is 33.6. The van der Waals surface area contributed by atoms with Gasteiger partial charge in [0.2, 0.25) is 11.5 Å². The molecule has 8 nitrogen and oxygen atoms in total. The van der Waals surface area contributed by atoms with Crippen molar-refractivity contribution in [1.82, 2.24) is 4.90 Å². The number of piperidine rings is 1. The quantitative estimate of drug-likeness (QED) is 0.112. The maximum absolute atomic E-state index is 5.64. The molecule has 1 aromatic heterocycles. The lowest BCUT2D eigenvalue weighted by Crippen LogP contribution is -2.44. The highest BCUT2D eigenvalue weighted by atomic mass is 35.5. The van der Waals surface area contributed by atoms with Crippen LogP contribution in [0.1, 0.15) is 29.5 Å². The van der Waals surface area contributed by atoms with Gasteiger partial charge in [-0.2, -0.15) is 0 Å². The van der Waals surface area contributed by atoms with Crippen molar-refractivity contribution in [2.45, 2.75) is 38.9 Å². The summed E-state index contributed by atoms with van der Waals surface area (Å²) in [6.07, 6.45) is 2.19. The van der Waals surface area contributed by atoms with Gasteiger partial charge in [0.15, 0.2) is 23.0 Å². The first-order valence-corrected chi connectivity index (χ1v) is 18.1. The van der Waals surface area contributed by atoms with Crippen LogP contribution in [0, 0.1) is 6.92 Å². The molecule has 1 aliphatic rings. The van der Waals surface area contributed by atoms with Gasteiger partial charge >= 0.3 is 0 Å². The third-order valence-corrected chi connectivity index (χ3v) is 10.7. The number of hydrogen-bond acceptors (Lipinski definition) is 9. The monoisotopic (exact) mass is 744 g/mol. The molecule has 0 aliphatic carbocycles. The summed E-state index contributed by atoms with van der Waals surface area (Å²) in [6, 6.07) is 28.3. The smallest absolute Gasteiger partial charge is 0.203 e. The van der Waals surface area contributed by atoms with Crippen molar-refractivity contribution in [3.05, 3.63) is 101 Å². The molecular formula is C42H49ClN2O6S. The van der Waals surface area contributed by atoms with Gasteiger partial charge in [-0.25, -0.2) is 0 Å². The summed E-state index contributed by atoms with van der Waals surface area (Å²) in [5.74, 6) is 3.79. The second-order valence-electron chi connectivity index (χ2n) is 12.8. The average Bonchev–Trinajstić information content (AvgIpc) is 3.61. The number of likely N-dealkylation sites (tertiary alicyclic amines) is 1. The summed E-state index contributed by atoms with van der Waals surface area (Å²) in [7, 11) is 9.86. The molecule has 276 valence electrons. The van der Waals surface area contributed by atoms with Crippen LogP contribution in [0.3, 0.4) is 0 Å². The third-order valence-electron chi connectivity index (χ3n) is 9.61. The van der Waals surface area contributed by atoms with Crippen LogP contribution in [0.25, 0.3) is 22.3 Å².